The Morgan fingerprint density at radius 1 is 0.871 bits per heavy atom. The predicted octanol–water partition coefficient (Wildman–Crippen LogP) is 3.96. The van der Waals surface area contributed by atoms with Crippen LogP contribution in [0, 0.1) is 0 Å². The number of nitrogens with zero attached hydrogens (tertiary/aromatic N) is 5. The summed E-state index contributed by atoms with van der Waals surface area (Å²) in [6, 6.07) is 21.0. The minimum absolute atomic E-state index is 0.00740. The molecule has 1 amide bonds. The zero-order valence-corrected chi connectivity index (χ0v) is 18.0. The second kappa shape index (κ2) is 8.04. The third-order valence-corrected chi connectivity index (χ3v) is 6.11. The molecule has 4 heterocycles. The van der Waals surface area contributed by atoms with E-state index in [1.165, 1.54) is 5.56 Å². The number of aromatic nitrogens is 3. The second-order valence-electron chi connectivity index (χ2n) is 8.34. The summed E-state index contributed by atoms with van der Waals surface area (Å²) >= 11 is 0. The van der Waals surface area contributed by atoms with Gasteiger partial charge in [-0.1, -0.05) is 36.4 Å². The minimum Gasteiger partial charge on any atom is -0.335 e. The van der Waals surface area contributed by atoms with Crippen LogP contribution < -0.4 is 0 Å². The molecule has 0 aliphatic carbocycles. The van der Waals surface area contributed by atoms with E-state index < -0.39 is 0 Å². The van der Waals surface area contributed by atoms with Crippen LogP contribution in [0.4, 0.5) is 0 Å². The number of fused-ring (bicyclic) bond motifs is 1. The molecule has 6 heteroatoms. The van der Waals surface area contributed by atoms with Gasteiger partial charge in [-0.3, -0.25) is 9.69 Å². The van der Waals surface area contributed by atoms with Gasteiger partial charge in [-0.25, -0.2) is 4.68 Å². The Balaban J connectivity index is 1.40. The number of piperazine rings is 1. The Kier molecular flexibility index (Phi) is 5.08. The van der Waals surface area contributed by atoms with Crippen molar-refractivity contribution >= 4 is 11.4 Å². The van der Waals surface area contributed by atoms with Gasteiger partial charge in [-0.2, -0.15) is 5.10 Å². The summed E-state index contributed by atoms with van der Waals surface area (Å²) in [7, 11) is 0. The molecule has 1 aliphatic rings. The van der Waals surface area contributed by atoms with Crippen molar-refractivity contribution < 1.29 is 4.79 Å². The highest BCUT2D eigenvalue weighted by Crippen LogP contribution is 2.23. The molecule has 1 aliphatic heterocycles. The fourth-order valence-electron chi connectivity index (χ4n) is 4.24. The van der Waals surface area contributed by atoms with Crippen LogP contribution in [0.3, 0.4) is 0 Å². The predicted molar refractivity (Wildman–Crippen MR) is 123 cm³/mol. The molecule has 158 valence electrons. The lowest BCUT2D eigenvalue weighted by Crippen LogP contribution is -2.50. The van der Waals surface area contributed by atoms with Crippen molar-refractivity contribution in [1.82, 2.24) is 24.0 Å². The standard InChI is InChI=1S/C25H27N5O/c1-19(2)27-14-16-28(17-15-27)25(31)23-12-13-30(26-23)24-11-10-22-9-8-21(18-29(22)24)20-6-4-3-5-7-20/h3-13,18-19H,14-17H2,1-2H3. The molecule has 4 aromatic rings. The molecule has 0 N–H and O–H groups in total. The Bertz CT molecular complexity index is 1200. The van der Waals surface area contributed by atoms with Crippen molar-refractivity contribution in [3.63, 3.8) is 0 Å². The van der Waals surface area contributed by atoms with E-state index in [0.717, 1.165) is 43.1 Å². The fourth-order valence-corrected chi connectivity index (χ4v) is 4.24. The molecule has 0 atom stereocenters. The van der Waals surface area contributed by atoms with E-state index >= 15 is 0 Å². The lowest BCUT2D eigenvalue weighted by atomic mass is 10.1. The summed E-state index contributed by atoms with van der Waals surface area (Å²) < 4.78 is 3.91. The molecule has 5 rings (SSSR count). The van der Waals surface area contributed by atoms with Crippen molar-refractivity contribution in [3.05, 3.63) is 78.8 Å². The molecule has 0 spiro atoms. The number of hydrogen-bond acceptors (Lipinski definition) is 3. The Labute approximate surface area is 182 Å². The maximum atomic E-state index is 13.0. The Hall–Kier alpha value is -3.38. The first-order valence-corrected chi connectivity index (χ1v) is 10.9. The van der Waals surface area contributed by atoms with Crippen LogP contribution in [-0.2, 0) is 0 Å². The summed E-state index contributed by atoms with van der Waals surface area (Å²) in [6.07, 6.45) is 3.99. The van der Waals surface area contributed by atoms with Crippen LogP contribution in [0.2, 0.25) is 0 Å². The monoisotopic (exact) mass is 413 g/mol. The van der Waals surface area contributed by atoms with Crippen LogP contribution in [0.1, 0.15) is 24.3 Å². The average molecular weight is 414 g/mol. The van der Waals surface area contributed by atoms with Gasteiger partial charge >= 0.3 is 0 Å². The lowest BCUT2D eigenvalue weighted by molar-refractivity contribution is 0.0589. The first-order valence-electron chi connectivity index (χ1n) is 10.9. The van der Waals surface area contributed by atoms with Crippen LogP contribution in [0.15, 0.2) is 73.1 Å². The van der Waals surface area contributed by atoms with Crippen molar-refractivity contribution in [2.75, 3.05) is 26.2 Å². The van der Waals surface area contributed by atoms with Crippen molar-refractivity contribution in [3.8, 4) is 16.9 Å². The maximum Gasteiger partial charge on any atom is 0.274 e. The number of hydrogen-bond donors (Lipinski definition) is 0. The van der Waals surface area contributed by atoms with Gasteiger partial charge in [0.1, 0.15) is 5.82 Å². The highest BCUT2D eigenvalue weighted by molar-refractivity contribution is 5.92. The SMILES string of the molecule is CC(C)N1CCN(C(=O)c2ccn(-c3ccc4ccc(-c5ccccc5)cn34)n2)CC1. The van der Waals surface area contributed by atoms with Gasteiger partial charge in [-0.05, 0) is 49.2 Å². The molecule has 6 nitrogen and oxygen atoms in total. The van der Waals surface area contributed by atoms with E-state index in [1.807, 2.05) is 41.4 Å². The van der Waals surface area contributed by atoms with E-state index in [1.54, 1.807) is 4.68 Å². The Morgan fingerprint density at radius 3 is 2.35 bits per heavy atom. The maximum absolute atomic E-state index is 13.0. The normalized spacial score (nSPS) is 15.1. The highest BCUT2D eigenvalue weighted by atomic mass is 16.2. The van der Waals surface area contributed by atoms with E-state index in [0.29, 0.717) is 11.7 Å². The van der Waals surface area contributed by atoms with Gasteiger partial charge < -0.3 is 9.30 Å². The molecule has 0 unspecified atom stereocenters. The summed E-state index contributed by atoms with van der Waals surface area (Å²) in [5, 5.41) is 4.63. The van der Waals surface area contributed by atoms with Crippen molar-refractivity contribution in [1.29, 1.82) is 0 Å². The van der Waals surface area contributed by atoms with Crippen LogP contribution in [0.5, 0.6) is 0 Å². The molecule has 1 fully saturated rings. The average Bonchev–Trinajstić information content (AvgIpc) is 3.46. The molecule has 0 bridgehead atoms. The van der Waals surface area contributed by atoms with Crippen LogP contribution in [0.25, 0.3) is 22.5 Å². The molecule has 0 radical (unpaired) electrons. The first kappa shape index (κ1) is 19.6. The largest absolute Gasteiger partial charge is 0.335 e. The highest BCUT2D eigenvalue weighted by Gasteiger charge is 2.25. The lowest BCUT2D eigenvalue weighted by Gasteiger charge is -2.36. The van der Waals surface area contributed by atoms with Gasteiger partial charge in [0.05, 0.1) is 0 Å². The number of carbonyl (C=O) groups is 1. The zero-order chi connectivity index (χ0) is 21.4. The number of rotatable bonds is 4. The molecule has 0 saturated carbocycles. The van der Waals surface area contributed by atoms with E-state index in [2.05, 4.69) is 64.8 Å². The first-order chi connectivity index (χ1) is 15.1. The molecule has 3 aromatic heterocycles. The summed E-state index contributed by atoms with van der Waals surface area (Å²) in [5.41, 5.74) is 3.88. The summed E-state index contributed by atoms with van der Waals surface area (Å²) in [4.78, 5) is 17.3. The third-order valence-electron chi connectivity index (χ3n) is 6.11. The zero-order valence-electron chi connectivity index (χ0n) is 18.0. The fraction of sp³-hybridized carbons (Fsp3) is 0.280. The minimum atomic E-state index is 0.00740. The molecule has 1 aromatic carbocycles. The van der Waals surface area contributed by atoms with Gasteiger partial charge in [0.25, 0.3) is 5.91 Å². The van der Waals surface area contributed by atoms with Crippen molar-refractivity contribution in [2.24, 2.45) is 0 Å². The topological polar surface area (TPSA) is 45.8 Å². The van der Waals surface area contributed by atoms with E-state index in [-0.39, 0.29) is 5.91 Å². The number of carbonyl (C=O) groups excluding carboxylic acids is 1. The number of amides is 1. The summed E-state index contributed by atoms with van der Waals surface area (Å²) in [6.45, 7) is 7.72. The summed E-state index contributed by atoms with van der Waals surface area (Å²) in [5.74, 6) is 0.921. The molecular weight excluding hydrogens is 386 g/mol. The molecule has 31 heavy (non-hydrogen) atoms. The molecule has 1 saturated heterocycles. The van der Waals surface area contributed by atoms with E-state index in [9.17, 15) is 4.79 Å². The van der Waals surface area contributed by atoms with Gasteiger partial charge in [0.15, 0.2) is 5.69 Å². The van der Waals surface area contributed by atoms with Gasteiger partial charge in [0, 0.05) is 50.1 Å². The second-order valence-corrected chi connectivity index (χ2v) is 8.34. The Morgan fingerprint density at radius 2 is 1.61 bits per heavy atom. The van der Waals surface area contributed by atoms with Gasteiger partial charge in [0.2, 0.25) is 0 Å². The van der Waals surface area contributed by atoms with E-state index in [4.69, 9.17) is 0 Å². The molecular formula is C25H27N5O. The third kappa shape index (κ3) is 3.75. The quantitative estimate of drug-likeness (QED) is 0.509. The van der Waals surface area contributed by atoms with Crippen molar-refractivity contribution in [2.45, 2.75) is 19.9 Å². The van der Waals surface area contributed by atoms with Crippen LogP contribution >= 0.6 is 0 Å². The van der Waals surface area contributed by atoms with Gasteiger partial charge in [-0.15, -0.1) is 0 Å². The number of benzene rings is 1. The smallest absolute Gasteiger partial charge is 0.274 e. The van der Waals surface area contributed by atoms with Crippen LogP contribution in [-0.4, -0.2) is 62.1 Å². The number of pyridine rings is 1.